The minimum absolute atomic E-state index is 0.153. The van der Waals surface area contributed by atoms with Gasteiger partial charge >= 0.3 is 6.18 Å². The molecule has 0 atom stereocenters. The quantitative estimate of drug-likeness (QED) is 0.690. The number of likely N-dealkylation sites (tertiary alicyclic amines) is 1. The van der Waals surface area contributed by atoms with Crippen molar-refractivity contribution in [1.82, 2.24) is 15.5 Å². The van der Waals surface area contributed by atoms with Crippen LogP contribution in [-0.2, 0) is 6.18 Å². The SMILES string of the molecule is C=C(CNC(=O)c1ccc(C(F)(F)F)cc1)NC1CN(C2CCC(O)CC2)C1. The first kappa shape index (κ1) is 20.7. The molecule has 0 aromatic heterocycles. The molecule has 1 aliphatic heterocycles. The molecule has 3 rings (SSSR count). The van der Waals surface area contributed by atoms with E-state index in [1.807, 2.05) is 0 Å². The van der Waals surface area contributed by atoms with E-state index < -0.39 is 17.6 Å². The van der Waals surface area contributed by atoms with Gasteiger partial charge in [0.25, 0.3) is 5.91 Å². The summed E-state index contributed by atoms with van der Waals surface area (Å²) in [6, 6.07) is 4.94. The van der Waals surface area contributed by atoms with Crippen LogP contribution in [0.1, 0.15) is 41.6 Å². The van der Waals surface area contributed by atoms with Crippen LogP contribution >= 0.6 is 0 Å². The largest absolute Gasteiger partial charge is 0.416 e. The predicted molar refractivity (Wildman–Crippen MR) is 99.7 cm³/mol. The molecule has 0 bridgehead atoms. The lowest BCUT2D eigenvalue weighted by Crippen LogP contribution is -2.61. The fourth-order valence-corrected chi connectivity index (χ4v) is 3.76. The van der Waals surface area contributed by atoms with E-state index in [9.17, 15) is 23.1 Å². The number of carbonyl (C=O) groups is 1. The highest BCUT2D eigenvalue weighted by Gasteiger charge is 2.34. The lowest BCUT2D eigenvalue weighted by molar-refractivity contribution is -0.137. The fraction of sp³-hybridized carbons (Fsp3) is 0.550. The smallest absolute Gasteiger partial charge is 0.393 e. The van der Waals surface area contributed by atoms with Crippen LogP contribution in [0, 0.1) is 0 Å². The van der Waals surface area contributed by atoms with Crippen molar-refractivity contribution in [2.45, 2.75) is 50.0 Å². The van der Waals surface area contributed by atoms with Gasteiger partial charge in [0.15, 0.2) is 0 Å². The number of halogens is 3. The van der Waals surface area contributed by atoms with Gasteiger partial charge < -0.3 is 15.7 Å². The molecule has 28 heavy (non-hydrogen) atoms. The number of amides is 1. The van der Waals surface area contributed by atoms with Crippen molar-refractivity contribution in [3.63, 3.8) is 0 Å². The van der Waals surface area contributed by atoms with Gasteiger partial charge in [0.05, 0.1) is 24.3 Å². The molecule has 154 valence electrons. The van der Waals surface area contributed by atoms with Crippen molar-refractivity contribution >= 4 is 5.91 Å². The van der Waals surface area contributed by atoms with E-state index in [-0.39, 0.29) is 24.3 Å². The second-order valence-electron chi connectivity index (χ2n) is 7.62. The zero-order valence-electron chi connectivity index (χ0n) is 15.6. The van der Waals surface area contributed by atoms with Crippen LogP contribution in [0.2, 0.25) is 0 Å². The molecule has 1 saturated heterocycles. The fourth-order valence-electron chi connectivity index (χ4n) is 3.76. The maximum atomic E-state index is 12.6. The number of aliphatic hydroxyl groups is 1. The molecule has 1 heterocycles. The molecule has 1 amide bonds. The van der Waals surface area contributed by atoms with Gasteiger partial charge in [-0.2, -0.15) is 13.2 Å². The highest BCUT2D eigenvalue weighted by atomic mass is 19.4. The van der Waals surface area contributed by atoms with Crippen molar-refractivity contribution in [2.24, 2.45) is 0 Å². The third kappa shape index (κ3) is 5.26. The molecule has 0 radical (unpaired) electrons. The monoisotopic (exact) mass is 397 g/mol. The Balaban J connectivity index is 1.36. The minimum atomic E-state index is -4.42. The molecule has 1 aliphatic carbocycles. The third-order valence-corrected chi connectivity index (χ3v) is 5.44. The Morgan fingerprint density at radius 3 is 2.32 bits per heavy atom. The molecule has 1 saturated carbocycles. The Kier molecular flexibility index (Phi) is 6.30. The Bertz CT molecular complexity index is 692. The van der Waals surface area contributed by atoms with Crippen molar-refractivity contribution < 1.29 is 23.1 Å². The first-order valence-corrected chi connectivity index (χ1v) is 9.54. The van der Waals surface area contributed by atoms with Crippen LogP contribution in [0.25, 0.3) is 0 Å². The van der Waals surface area contributed by atoms with Crippen LogP contribution in [0.15, 0.2) is 36.5 Å². The van der Waals surface area contributed by atoms with Crippen molar-refractivity contribution in [3.05, 3.63) is 47.7 Å². The average Bonchev–Trinajstić information content (AvgIpc) is 2.63. The molecule has 8 heteroatoms. The predicted octanol–water partition coefficient (Wildman–Crippen LogP) is 2.53. The Hall–Kier alpha value is -2.06. The Morgan fingerprint density at radius 2 is 1.75 bits per heavy atom. The molecule has 5 nitrogen and oxygen atoms in total. The number of nitrogens with zero attached hydrogens (tertiary/aromatic N) is 1. The highest BCUT2D eigenvalue weighted by molar-refractivity contribution is 5.94. The van der Waals surface area contributed by atoms with Crippen LogP contribution in [0.3, 0.4) is 0 Å². The summed E-state index contributed by atoms with van der Waals surface area (Å²) in [5, 5.41) is 15.5. The Labute approximate surface area is 162 Å². The first-order valence-electron chi connectivity index (χ1n) is 9.54. The summed E-state index contributed by atoms with van der Waals surface area (Å²) >= 11 is 0. The number of hydrogen-bond acceptors (Lipinski definition) is 4. The van der Waals surface area contributed by atoms with Crippen LogP contribution in [0.5, 0.6) is 0 Å². The van der Waals surface area contributed by atoms with Gasteiger partial charge in [0, 0.05) is 30.4 Å². The van der Waals surface area contributed by atoms with Gasteiger partial charge in [-0.3, -0.25) is 9.69 Å². The van der Waals surface area contributed by atoms with Gasteiger partial charge in [-0.25, -0.2) is 0 Å². The number of carbonyl (C=O) groups excluding carboxylic acids is 1. The summed E-state index contributed by atoms with van der Waals surface area (Å²) in [6.07, 6.45) is -0.791. The van der Waals surface area contributed by atoms with E-state index in [0.717, 1.165) is 50.9 Å². The average molecular weight is 397 g/mol. The van der Waals surface area contributed by atoms with Crippen molar-refractivity contribution in [2.75, 3.05) is 19.6 Å². The molecule has 1 aromatic rings. The number of hydrogen-bond donors (Lipinski definition) is 3. The summed E-state index contributed by atoms with van der Waals surface area (Å²) in [5.41, 5.74) is 0.0659. The second-order valence-corrected chi connectivity index (χ2v) is 7.62. The molecule has 2 aliphatic rings. The summed E-state index contributed by atoms with van der Waals surface area (Å²) < 4.78 is 37.7. The Morgan fingerprint density at radius 1 is 1.14 bits per heavy atom. The molecule has 0 spiro atoms. The minimum Gasteiger partial charge on any atom is -0.393 e. The van der Waals surface area contributed by atoms with Gasteiger partial charge in [0.2, 0.25) is 0 Å². The first-order chi connectivity index (χ1) is 13.2. The molecule has 2 fully saturated rings. The lowest BCUT2D eigenvalue weighted by atomic mass is 9.89. The van der Waals surface area contributed by atoms with E-state index in [0.29, 0.717) is 11.7 Å². The van der Waals surface area contributed by atoms with Crippen molar-refractivity contribution in [1.29, 1.82) is 0 Å². The van der Waals surface area contributed by atoms with E-state index >= 15 is 0 Å². The van der Waals surface area contributed by atoms with Gasteiger partial charge in [-0.1, -0.05) is 6.58 Å². The number of rotatable bonds is 6. The number of alkyl halides is 3. The topological polar surface area (TPSA) is 64.6 Å². The van der Waals surface area contributed by atoms with E-state index in [1.165, 1.54) is 12.1 Å². The normalized spacial score (nSPS) is 23.7. The van der Waals surface area contributed by atoms with E-state index in [2.05, 4.69) is 22.1 Å². The molecule has 3 N–H and O–H groups in total. The summed E-state index contributed by atoms with van der Waals surface area (Å²) in [5.74, 6) is -0.437. The van der Waals surface area contributed by atoms with Crippen LogP contribution < -0.4 is 10.6 Å². The molecule has 1 aromatic carbocycles. The summed E-state index contributed by atoms with van der Waals surface area (Å²) in [6.45, 7) is 5.94. The van der Waals surface area contributed by atoms with Gasteiger partial charge in [-0.15, -0.1) is 0 Å². The third-order valence-electron chi connectivity index (χ3n) is 5.44. The molecule has 0 unspecified atom stereocenters. The van der Waals surface area contributed by atoms with Crippen LogP contribution in [0.4, 0.5) is 13.2 Å². The highest BCUT2D eigenvalue weighted by Crippen LogP contribution is 2.29. The second kappa shape index (κ2) is 8.53. The zero-order valence-corrected chi connectivity index (χ0v) is 15.6. The molecular formula is C20H26F3N3O2. The summed E-state index contributed by atoms with van der Waals surface area (Å²) in [4.78, 5) is 14.5. The zero-order chi connectivity index (χ0) is 20.3. The number of benzene rings is 1. The van der Waals surface area contributed by atoms with Gasteiger partial charge in [-0.05, 0) is 49.9 Å². The molecular weight excluding hydrogens is 371 g/mol. The summed E-state index contributed by atoms with van der Waals surface area (Å²) in [7, 11) is 0. The van der Waals surface area contributed by atoms with E-state index in [4.69, 9.17) is 0 Å². The standard InChI is InChI=1S/C20H26F3N3O2/c1-13(25-16-11-26(12-16)17-6-8-18(27)9-7-17)10-24-19(28)14-2-4-15(5-3-14)20(21,22)23/h2-5,16-18,25,27H,1,6-12H2,(H,24,28). The van der Waals surface area contributed by atoms with Gasteiger partial charge in [0.1, 0.15) is 0 Å². The van der Waals surface area contributed by atoms with E-state index in [1.54, 1.807) is 0 Å². The number of nitrogens with one attached hydrogen (secondary N) is 2. The van der Waals surface area contributed by atoms with Crippen LogP contribution in [-0.4, -0.2) is 53.7 Å². The number of aliphatic hydroxyl groups excluding tert-OH is 1. The lowest BCUT2D eigenvalue weighted by Gasteiger charge is -2.46. The van der Waals surface area contributed by atoms with Crippen molar-refractivity contribution in [3.8, 4) is 0 Å². The maximum absolute atomic E-state index is 12.6. The maximum Gasteiger partial charge on any atom is 0.416 e.